The highest BCUT2D eigenvalue weighted by Gasteiger charge is 2.51. The lowest BCUT2D eigenvalue weighted by Gasteiger charge is -2.46. The van der Waals surface area contributed by atoms with E-state index in [1.807, 2.05) is 6.08 Å². The number of hydrogen-bond acceptors (Lipinski definition) is 13. The lowest BCUT2D eigenvalue weighted by Crippen LogP contribution is -2.65. The van der Waals surface area contributed by atoms with E-state index in [2.05, 4.69) is 19.2 Å². The summed E-state index contributed by atoms with van der Waals surface area (Å²) >= 11 is 0. The van der Waals surface area contributed by atoms with E-state index in [1.54, 1.807) is 6.08 Å². The summed E-state index contributed by atoms with van der Waals surface area (Å²) in [5, 5.41) is 86.5. The molecule has 2 aliphatic heterocycles. The van der Waals surface area contributed by atoms with E-state index in [-0.39, 0.29) is 18.9 Å². The van der Waals surface area contributed by atoms with Crippen LogP contribution in [0.2, 0.25) is 0 Å². The molecule has 354 valence electrons. The maximum atomic E-state index is 13.1. The third-order valence-corrected chi connectivity index (χ3v) is 12.0. The van der Waals surface area contributed by atoms with Crippen LogP contribution in [-0.2, 0) is 23.7 Å². The lowest BCUT2D eigenvalue weighted by atomic mass is 9.97. The zero-order valence-corrected chi connectivity index (χ0v) is 37.2. The molecule has 0 bridgehead atoms. The quantitative estimate of drug-likeness (QED) is 0.0292. The first-order chi connectivity index (χ1) is 29.1. The zero-order valence-electron chi connectivity index (χ0n) is 37.2. The Morgan fingerprint density at radius 2 is 1.03 bits per heavy atom. The van der Waals surface area contributed by atoms with Gasteiger partial charge in [0.2, 0.25) is 5.91 Å². The van der Waals surface area contributed by atoms with E-state index in [0.717, 1.165) is 38.5 Å². The molecule has 0 unspecified atom stereocenters. The van der Waals surface area contributed by atoms with Crippen molar-refractivity contribution in [2.24, 2.45) is 0 Å². The second kappa shape index (κ2) is 34.2. The summed E-state index contributed by atoms with van der Waals surface area (Å²) < 4.78 is 22.6. The summed E-state index contributed by atoms with van der Waals surface area (Å²) in [6, 6.07) is -0.906. The van der Waals surface area contributed by atoms with E-state index in [9.17, 15) is 45.6 Å². The van der Waals surface area contributed by atoms with Crippen LogP contribution in [-0.4, -0.2) is 140 Å². The van der Waals surface area contributed by atoms with Gasteiger partial charge in [0.05, 0.1) is 32.0 Å². The number of amides is 1. The number of hydrogen-bond donors (Lipinski definition) is 9. The smallest absolute Gasteiger partial charge is 0.220 e. The number of ether oxygens (including phenoxy) is 4. The Labute approximate surface area is 361 Å². The molecule has 2 heterocycles. The van der Waals surface area contributed by atoms with E-state index < -0.39 is 86.8 Å². The van der Waals surface area contributed by atoms with E-state index in [1.165, 1.54) is 116 Å². The number of carbonyl (C=O) groups excluding carboxylic acids is 1. The zero-order chi connectivity index (χ0) is 44.0. The van der Waals surface area contributed by atoms with Gasteiger partial charge in [-0.1, -0.05) is 167 Å². The summed E-state index contributed by atoms with van der Waals surface area (Å²) in [7, 11) is 0. The largest absolute Gasteiger partial charge is 0.394 e. The van der Waals surface area contributed by atoms with Crippen molar-refractivity contribution in [2.75, 3.05) is 19.8 Å². The van der Waals surface area contributed by atoms with Crippen LogP contribution < -0.4 is 5.32 Å². The van der Waals surface area contributed by atoms with Crippen molar-refractivity contribution in [3.8, 4) is 0 Å². The fraction of sp³-hybridized carbons (Fsp3) is 0.935. The highest BCUT2D eigenvalue weighted by atomic mass is 16.7. The molecule has 2 rings (SSSR count). The Morgan fingerprint density at radius 3 is 1.53 bits per heavy atom. The summed E-state index contributed by atoms with van der Waals surface area (Å²) in [4.78, 5) is 13.1. The van der Waals surface area contributed by atoms with Crippen LogP contribution >= 0.6 is 0 Å². The number of aliphatic hydroxyl groups is 8. The van der Waals surface area contributed by atoms with E-state index in [4.69, 9.17) is 18.9 Å². The minimum absolute atomic E-state index is 0.240. The third kappa shape index (κ3) is 21.9. The minimum atomic E-state index is -1.78. The average molecular weight is 862 g/mol. The maximum Gasteiger partial charge on any atom is 0.220 e. The van der Waals surface area contributed by atoms with Crippen LogP contribution in [0.1, 0.15) is 181 Å². The molecule has 14 nitrogen and oxygen atoms in total. The van der Waals surface area contributed by atoms with Gasteiger partial charge in [0.15, 0.2) is 12.6 Å². The molecule has 0 radical (unpaired) electrons. The number of carbonyl (C=O) groups is 1. The number of allylic oxidation sites excluding steroid dienone is 1. The van der Waals surface area contributed by atoms with Gasteiger partial charge >= 0.3 is 0 Å². The van der Waals surface area contributed by atoms with Crippen LogP contribution in [0.3, 0.4) is 0 Å². The number of aliphatic hydroxyl groups excluding tert-OH is 8. The van der Waals surface area contributed by atoms with Gasteiger partial charge < -0.3 is 65.1 Å². The molecule has 12 atom stereocenters. The Morgan fingerprint density at radius 1 is 0.583 bits per heavy atom. The maximum absolute atomic E-state index is 13.1. The number of nitrogens with one attached hydrogen (secondary N) is 1. The Kier molecular flexibility index (Phi) is 31.3. The SMILES string of the molecule is CCCCCCCCCCCCC/C=C/[C@@H](O)[C@H](CO[C@@H]1O[C@H](CO)[C@H](O[C@H]2O[C@H](CO)[C@H](O)[C@H](O)[C@H]2O)[C@H](O)[C@H]1O)NC(=O)CCCCCCCCCCCCCCC. The third-order valence-electron chi connectivity index (χ3n) is 12.0. The minimum Gasteiger partial charge on any atom is -0.394 e. The normalized spacial score (nSPS) is 28.3. The van der Waals surface area contributed by atoms with Crippen LogP contribution in [0.15, 0.2) is 12.2 Å². The first-order valence-electron chi connectivity index (χ1n) is 23.9. The van der Waals surface area contributed by atoms with Crippen molar-refractivity contribution in [3.05, 3.63) is 12.2 Å². The molecular weight excluding hydrogens is 774 g/mol. The van der Waals surface area contributed by atoms with Gasteiger partial charge in [-0.05, 0) is 19.3 Å². The van der Waals surface area contributed by atoms with Crippen molar-refractivity contribution in [1.29, 1.82) is 0 Å². The van der Waals surface area contributed by atoms with Gasteiger partial charge in [-0.25, -0.2) is 0 Å². The number of rotatable bonds is 36. The Bertz CT molecular complexity index is 1070. The molecule has 2 aliphatic rings. The number of unbranched alkanes of at least 4 members (excludes halogenated alkanes) is 23. The van der Waals surface area contributed by atoms with Crippen molar-refractivity contribution in [2.45, 2.75) is 254 Å². The van der Waals surface area contributed by atoms with Gasteiger partial charge in [-0.3, -0.25) is 4.79 Å². The van der Waals surface area contributed by atoms with Crippen LogP contribution in [0, 0.1) is 0 Å². The molecule has 9 N–H and O–H groups in total. The molecule has 60 heavy (non-hydrogen) atoms. The van der Waals surface area contributed by atoms with Crippen molar-refractivity contribution >= 4 is 5.91 Å². The Hall–Kier alpha value is -1.27. The highest BCUT2D eigenvalue weighted by Crippen LogP contribution is 2.30. The standard InChI is InChI=1S/C46H87NO13/c1-3-5-7-9-11-13-15-17-19-21-23-25-27-29-35(50)34(47-38(51)30-28-26-24-22-20-18-16-14-12-10-8-6-4-2)33-57-45-43(56)41(54)44(37(32-49)59-45)60-46-42(55)40(53)39(52)36(31-48)58-46/h27,29,34-37,39-46,48-50,52-56H,3-26,28,30-33H2,1-2H3,(H,47,51)/b29-27+/t34-,35+,36+,37+,39-,40-,41+,42+,43+,44-,45+,46+/m0/s1. The van der Waals surface area contributed by atoms with Crippen LogP contribution in [0.4, 0.5) is 0 Å². The second-order valence-electron chi connectivity index (χ2n) is 17.2. The topological polar surface area (TPSA) is 228 Å². The molecular formula is C46H87NO13. The summed E-state index contributed by atoms with van der Waals surface area (Å²) in [6.07, 6.45) is 16.8. The molecule has 0 aromatic rings. The average Bonchev–Trinajstić information content (AvgIpc) is 3.24. The molecule has 14 heteroatoms. The van der Waals surface area contributed by atoms with Crippen LogP contribution in [0.25, 0.3) is 0 Å². The van der Waals surface area contributed by atoms with Crippen molar-refractivity contribution < 1.29 is 64.6 Å². The molecule has 0 spiro atoms. The van der Waals surface area contributed by atoms with Crippen LogP contribution in [0.5, 0.6) is 0 Å². The molecule has 0 saturated carbocycles. The van der Waals surface area contributed by atoms with Gasteiger partial charge in [-0.15, -0.1) is 0 Å². The molecule has 2 saturated heterocycles. The first kappa shape index (κ1) is 54.9. The van der Waals surface area contributed by atoms with Gasteiger partial charge in [-0.2, -0.15) is 0 Å². The first-order valence-corrected chi connectivity index (χ1v) is 23.9. The fourth-order valence-corrected chi connectivity index (χ4v) is 8.00. The van der Waals surface area contributed by atoms with Crippen molar-refractivity contribution in [3.63, 3.8) is 0 Å². The molecule has 0 aromatic carbocycles. The molecule has 1 amide bonds. The van der Waals surface area contributed by atoms with Crippen molar-refractivity contribution in [1.82, 2.24) is 5.32 Å². The fourth-order valence-electron chi connectivity index (χ4n) is 8.00. The second-order valence-corrected chi connectivity index (χ2v) is 17.2. The van der Waals surface area contributed by atoms with Gasteiger partial charge in [0, 0.05) is 6.42 Å². The van der Waals surface area contributed by atoms with Gasteiger partial charge in [0.25, 0.3) is 0 Å². The predicted molar refractivity (Wildman–Crippen MR) is 231 cm³/mol. The molecule has 0 aliphatic carbocycles. The monoisotopic (exact) mass is 862 g/mol. The lowest BCUT2D eigenvalue weighted by molar-refractivity contribution is -0.359. The summed E-state index contributed by atoms with van der Waals surface area (Å²) in [6.45, 7) is 2.77. The van der Waals surface area contributed by atoms with Gasteiger partial charge in [0.1, 0.15) is 48.8 Å². The summed E-state index contributed by atoms with van der Waals surface area (Å²) in [5.41, 5.74) is 0. The van der Waals surface area contributed by atoms with E-state index in [0.29, 0.717) is 6.42 Å². The highest BCUT2D eigenvalue weighted by molar-refractivity contribution is 5.76. The van der Waals surface area contributed by atoms with E-state index >= 15 is 0 Å². The molecule has 0 aromatic heterocycles. The summed E-state index contributed by atoms with van der Waals surface area (Å²) in [5.74, 6) is -0.240. The Balaban J connectivity index is 1.89. The molecule has 2 fully saturated rings. The predicted octanol–water partition coefficient (Wildman–Crippen LogP) is 5.21.